The third-order valence-electron chi connectivity index (χ3n) is 3.62. The summed E-state index contributed by atoms with van der Waals surface area (Å²) in [6.45, 7) is 6.01. The molecule has 2 aromatic rings. The standard InChI is InChI=1S/C17H19ClN2O/c1-12-6-4-7-13(2)17(12)20(16(21)10-18)14(3)15-8-5-9-19-11-15/h4-9,11,14H,10H2,1-3H3. The third kappa shape index (κ3) is 3.24. The summed E-state index contributed by atoms with van der Waals surface area (Å²) >= 11 is 5.83. The number of aryl methyl sites for hydroxylation is 2. The maximum absolute atomic E-state index is 12.4. The number of carbonyl (C=O) groups is 1. The molecule has 0 aliphatic rings. The van der Waals surface area contributed by atoms with Crippen LogP contribution in [-0.4, -0.2) is 16.8 Å². The van der Waals surface area contributed by atoms with Crippen LogP contribution in [0.4, 0.5) is 5.69 Å². The molecule has 0 radical (unpaired) electrons. The minimum atomic E-state index is -0.121. The number of pyridine rings is 1. The Bertz CT molecular complexity index is 608. The summed E-state index contributed by atoms with van der Waals surface area (Å²) in [7, 11) is 0. The van der Waals surface area contributed by atoms with Crippen LogP contribution >= 0.6 is 11.6 Å². The predicted octanol–water partition coefficient (Wildman–Crippen LogP) is 4.03. The van der Waals surface area contributed by atoms with Crippen LogP contribution in [0.5, 0.6) is 0 Å². The maximum Gasteiger partial charge on any atom is 0.242 e. The Balaban J connectivity index is 2.52. The van der Waals surface area contributed by atoms with Gasteiger partial charge in [0.05, 0.1) is 11.7 Å². The molecular formula is C17H19ClN2O. The molecule has 1 atom stereocenters. The van der Waals surface area contributed by atoms with Gasteiger partial charge in [-0.3, -0.25) is 9.78 Å². The van der Waals surface area contributed by atoms with E-state index in [1.165, 1.54) is 0 Å². The van der Waals surface area contributed by atoms with Gasteiger partial charge in [0, 0.05) is 12.4 Å². The van der Waals surface area contributed by atoms with Crippen molar-refractivity contribution in [1.29, 1.82) is 0 Å². The lowest BCUT2D eigenvalue weighted by Gasteiger charge is -2.31. The van der Waals surface area contributed by atoms with Gasteiger partial charge in [0.25, 0.3) is 0 Å². The molecule has 1 amide bonds. The first kappa shape index (κ1) is 15.5. The topological polar surface area (TPSA) is 33.2 Å². The molecule has 0 N–H and O–H groups in total. The predicted molar refractivity (Wildman–Crippen MR) is 86.8 cm³/mol. The number of hydrogen-bond donors (Lipinski definition) is 0. The molecule has 1 aromatic heterocycles. The number of halogens is 1. The van der Waals surface area contributed by atoms with Crippen molar-refractivity contribution in [1.82, 2.24) is 4.98 Å². The minimum Gasteiger partial charge on any atom is -0.304 e. The van der Waals surface area contributed by atoms with Crippen LogP contribution in [0.25, 0.3) is 0 Å². The molecule has 0 aliphatic carbocycles. The Hall–Kier alpha value is -1.87. The van der Waals surface area contributed by atoms with E-state index in [1.807, 2.05) is 51.1 Å². The number of benzene rings is 1. The highest BCUT2D eigenvalue weighted by Gasteiger charge is 2.25. The van der Waals surface area contributed by atoms with Gasteiger partial charge in [-0.05, 0) is 43.5 Å². The van der Waals surface area contributed by atoms with Gasteiger partial charge < -0.3 is 4.90 Å². The molecule has 1 unspecified atom stereocenters. The van der Waals surface area contributed by atoms with Crippen molar-refractivity contribution < 1.29 is 4.79 Å². The van der Waals surface area contributed by atoms with Crippen molar-refractivity contribution in [3.05, 3.63) is 59.4 Å². The summed E-state index contributed by atoms with van der Waals surface area (Å²) in [6, 6.07) is 9.73. The van der Waals surface area contributed by atoms with E-state index in [9.17, 15) is 4.79 Å². The van der Waals surface area contributed by atoms with E-state index < -0.39 is 0 Å². The van der Waals surface area contributed by atoms with Crippen molar-refractivity contribution in [2.45, 2.75) is 26.8 Å². The fourth-order valence-corrected chi connectivity index (χ4v) is 2.69. The van der Waals surface area contributed by atoms with Crippen molar-refractivity contribution in [2.75, 3.05) is 10.8 Å². The van der Waals surface area contributed by atoms with Crippen LogP contribution in [0.2, 0.25) is 0 Å². The van der Waals surface area contributed by atoms with Crippen molar-refractivity contribution >= 4 is 23.2 Å². The van der Waals surface area contributed by atoms with Crippen molar-refractivity contribution in [2.24, 2.45) is 0 Å². The summed E-state index contributed by atoms with van der Waals surface area (Å²) in [4.78, 5) is 18.3. The minimum absolute atomic E-state index is 0.0433. The van der Waals surface area contributed by atoms with E-state index >= 15 is 0 Å². The Morgan fingerprint density at radius 2 is 1.90 bits per heavy atom. The number of amides is 1. The van der Waals surface area contributed by atoms with Crippen LogP contribution < -0.4 is 4.90 Å². The number of para-hydroxylation sites is 1. The number of rotatable bonds is 4. The highest BCUT2D eigenvalue weighted by molar-refractivity contribution is 6.29. The fourth-order valence-electron chi connectivity index (χ4n) is 2.56. The second-order valence-electron chi connectivity index (χ2n) is 5.10. The van der Waals surface area contributed by atoms with Crippen molar-refractivity contribution in [3.63, 3.8) is 0 Å². The van der Waals surface area contributed by atoms with E-state index in [2.05, 4.69) is 4.98 Å². The van der Waals surface area contributed by atoms with E-state index in [0.717, 1.165) is 22.4 Å². The van der Waals surface area contributed by atoms with E-state index in [4.69, 9.17) is 11.6 Å². The second kappa shape index (κ2) is 6.72. The molecule has 0 saturated heterocycles. The first-order valence-electron chi connectivity index (χ1n) is 6.90. The zero-order chi connectivity index (χ0) is 15.4. The van der Waals surface area contributed by atoms with Crippen LogP contribution in [0.1, 0.15) is 29.7 Å². The molecule has 2 rings (SSSR count). The first-order valence-corrected chi connectivity index (χ1v) is 7.44. The van der Waals surface area contributed by atoms with Gasteiger partial charge in [0.2, 0.25) is 5.91 Å². The van der Waals surface area contributed by atoms with Crippen LogP contribution in [0.3, 0.4) is 0 Å². The third-order valence-corrected chi connectivity index (χ3v) is 3.85. The average molecular weight is 303 g/mol. The summed E-state index contributed by atoms with van der Waals surface area (Å²) in [6.07, 6.45) is 3.51. The van der Waals surface area contributed by atoms with Gasteiger partial charge in [-0.25, -0.2) is 0 Å². The molecule has 1 aromatic carbocycles. The smallest absolute Gasteiger partial charge is 0.242 e. The van der Waals surface area contributed by atoms with Gasteiger partial charge in [-0.15, -0.1) is 11.6 Å². The summed E-state index contributed by atoms with van der Waals surface area (Å²) in [5.74, 6) is -0.149. The molecule has 21 heavy (non-hydrogen) atoms. The Labute approximate surface area is 130 Å². The van der Waals surface area contributed by atoms with Gasteiger partial charge in [0.15, 0.2) is 0 Å². The highest BCUT2D eigenvalue weighted by Crippen LogP contribution is 2.32. The Morgan fingerprint density at radius 3 is 2.43 bits per heavy atom. The summed E-state index contributed by atoms with van der Waals surface area (Å²) in [5, 5.41) is 0. The van der Waals surface area contributed by atoms with E-state index in [-0.39, 0.29) is 17.8 Å². The molecular weight excluding hydrogens is 284 g/mol. The Morgan fingerprint density at radius 1 is 1.24 bits per heavy atom. The lowest BCUT2D eigenvalue weighted by Crippen LogP contribution is -2.35. The molecule has 0 aliphatic heterocycles. The largest absolute Gasteiger partial charge is 0.304 e. The van der Waals surface area contributed by atoms with E-state index in [0.29, 0.717) is 0 Å². The molecule has 0 bridgehead atoms. The average Bonchev–Trinajstić information content (AvgIpc) is 2.50. The van der Waals surface area contributed by atoms with Gasteiger partial charge in [0.1, 0.15) is 5.88 Å². The molecule has 4 heteroatoms. The maximum atomic E-state index is 12.4. The molecule has 110 valence electrons. The fraction of sp³-hybridized carbons (Fsp3) is 0.294. The number of carbonyl (C=O) groups excluding carboxylic acids is 1. The number of aromatic nitrogens is 1. The highest BCUT2D eigenvalue weighted by atomic mass is 35.5. The monoisotopic (exact) mass is 302 g/mol. The van der Waals surface area contributed by atoms with Gasteiger partial charge >= 0.3 is 0 Å². The number of nitrogens with zero attached hydrogens (tertiary/aromatic N) is 2. The molecule has 0 saturated carbocycles. The van der Waals surface area contributed by atoms with Crippen LogP contribution in [0.15, 0.2) is 42.7 Å². The lowest BCUT2D eigenvalue weighted by atomic mass is 10.0. The quantitative estimate of drug-likeness (QED) is 0.799. The van der Waals surface area contributed by atoms with Crippen molar-refractivity contribution in [3.8, 4) is 0 Å². The van der Waals surface area contributed by atoms with Crippen LogP contribution in [0, 0.1) is 13.8 Å². The van der Waals surface area contributed by atoms with Crippen LogP contribution in [-0.2, 0) is 4.79 Å². The normalized spacial score (nSPS) is 12.0. The number of anilines is 1. The molecule has 0 fully saturated rings. The number of hydrogen-bond acceptors (Lipinski definition) is 2. The molecule has 1 heterocycles. The number of alkyl halides is 1. The summed E-state index contributed by atoms with van der Waals surface area (Å²) in [5.41, 5.74) is 4.03. The first-order chi connectivity index (χ1) is 10.1. The molecule has 0 spiro atoms. The lowest BCUT2D eigenvalue weighted by molar-refractivity contribution is -0.116. The van der Waals surface area contributed by atoms with Gasteiger partial charge in [-0.1, -0.05) is 24.3 Å². The zero-order valence-corrected chi connectivity index (χ0v) is 13.3. The Kier molecular flexibility index (Phi) is 4.97. The summed E-state index contributed by atoms with van der Waals surface area (Å²) < 4.78 is 0. The molecule has 3 nitrogen and oxygen atoms in total. The second-order valence-corrected chi connectivity index (χ2v) is 5.37. The zero-order valence-electron chi connectivity index (χ0n) is 12.5. The SMILES string of the molecule is Cc1cccc(C)c1N(C(=O)CCl)C(C)c1cccnc1. The van der Waals surface area contributed by atoms with E-state index in [1.54, 1.807) is 17.3 Å². The van der Waals surface area contributed by atoms with Gasteiger partial charge in [-0.2, -0.15) is 0 Å².